The molecule has 0 radical (unpaired) electrons. The van der Waals surface area contributed by atoms with Crippen molar-refractivity contribution in [3.05, 3.63) is 48.2 Å². The summed E-state index contributed by atoms with van der Waals surface area (Å²) in [5, 5.41) is 1.20. The number of hydrogen-bond donors (Lipinski definition) is 0. The first-order valence-corrected chi connectivity index (χ1v) is 6.69. The molecule has 0 unspecified atom stereocenters. The number of fused-ring (bicyclic) bond motifs is 1. The van der Waals surface area contributed by atoms with Crippen LogP contribution in [0.4, 0.5) is 0 Å². The molecule has 0 aliphatic rings. The van der Waals surface area contributed by atoms with Crippen molar-refractivity contribution in [2.75, 3.05) is 7.11 Å². The molecule has 0 fully saturated rings. The Hall–Kier alpha value is -1.58. The average molecular weight is 289 g/mol. The Bertz CT molecular complexity index is 686. The molecule has 1 aromatic carbocycles. The second-order valence-electron chi connectivity index (χ2n) is 4.02. The Morgan fingerprint density at radius 1 is 1.42 bits per heavy atom. The standard InChI is InChI=1S/C16H15NO.Cr/c1-3-4-11-17-12-10-15-8-5-7-14(16(15)17)9-6-13-18-2;/h3-5,7-8,10,12H,11H2,1-2H3;/b4-3+;. The summed E-state index contributed by atoms with van der Waals surface area (Å²) in [5.41, 5.74) is 2.17. The summed E-state index contributed by atoms with van der Waals surface area (Å²) in [4.78, 5) is 0. The van der Waals surface area contributed by atoms with Crippen LogP contribution in [-0.2, 0) is 27.1 Å². The summed E-state index contributed by atoms with van der Waals surface area (Å²) in [5.74, 6) is 6.12. The normalized spacial score (nSPS) is 10.6. The minimum atomic E-state index is 0.601. The second kappa shape index (κ2) is 6.55. The van der Waals surface area contributed by atoms with Gasteiger partial charge in [0.2, 0.25) is 0 Å². The molecule has 2 aromatic rings. The zero-order valence-electron chi connectivity index (χ0n) is 11.0. The molecule has 2 rings (SSSR count). The molecule has 0 amide bonds. The molecule has 0 bridgehead atoms. The Balaban J connectivity index is 2.50. The molecule has 0 saturated heterocycles. The van der Waals surface area contributed by atoms with Crippen LogP contribution in [0.1, 0.15) is 12.5 Å². The van der Waals surface area contributed by atoms with Gasteiger partial charge in [-0.25, -0.2) is 0 Å². The number of nitrogens with zero attached hydrogens (tertiary/aromatic N) is 1. The molecular formula is C16H15CrNO. The molecule has 0 N–H and O–H groups in total. The van der Waals surface area contributed by atoms with E-state index < -0.39 is 0 Å². The number of rotatable bonds is 3. The van der Waals surface area contributed by atoms with Gasteiger partial charge in [-0.05, 0) is 0 Å². The van der Waals surface area contributed by atoms with Crippen molar-refractivity contribution >= 4 is 15.5 Å². The second-order valence-corrected chi connectivity index (χ2v) is 4.60. The van der Waals surface area contributed by atoms with Gasteiger partial charge in [0, 0.05) is 0 Å². The number of aromatic nitrogens is 1. The van der Waals surface area contributed by atoms with Crippen LogP contribution < -0.4 is 0 Å². The van der Waals surface area contributed by atoms with Crippen LogP contribution in [0.25, 0.3) is 10.9 Å². The van der Waals surface area contributed by atoms with Crippen molar-refractivity contribution < 1.29 is 20.6 Å². The summed E-state index contributed by atoms with van der Waals surface area (Å²) in [6.07, 6.45) is 6.27. The third kappa shape index (κ3) is 3.25. The van der Waals surface area contributed by atoms with Crippen LogP contribution in [0.3, 0.4) is 0 Å². The monoisotopic (exact) mass is 289 g/mol. The summed E-state index contributed by atoms with van der Waals surface area (Å²) < 4.78 is 7.83. The first-order chi connectivity index (χ1) is 9.26. The van der Waals surface area contributed by atoms with E-state index in [2.05, 4.69) is 62.7 Å². The van der Waals surface area contributed by atoms with Crippen LogP contribution >= 0.6 is 0 Å². The zero-order chi connectivity index (χ0) is 13.7. The predicted octanol–water partition coefficient (Wildman–Crippen LogP) is 2.89. The van der Waals surface area contributed by atoms with Crippen molar-refractivity contribution in [1.82, 2.24) is 4.57 Å². The predicted molar refractivity (Wildman–Crippen MR) is 75.6 cm³/mol. The Morgan fingerprint density at radius 2 is 2.26 bits per heavy atom. The maximum absolute atomic E-state index is 5.03. The fourth-order valence-corrected chi connectivity index (χ4v) is 1.98. The van der Waals surface area contributed by atoms with Gasteiger partial charge in [0.1, 0.15) is 0 Å². The Kier molecular flexibility index (Phi) is 4.77. The SMILES string of the molecule is C/C=C/Cn1ccc2cccc(C#C[C](=[Cr])OC)c21. The average Bonchev–Trinajstić information content (AvgIpc) is 2.86. The topological polar surface area (TPSA) is 14.2 Å². The molecule has 3 heteroatoms. The van der Waals surface area contributed by atoms with E-state index in [4.69, 9.17) is 4.74 Å². The molecular weight excluding hydrogens is 274 g/mol. The maximum atomic E-state index is 5.03. The number of para-hydroxylation sites is 1. The van der Waals surface area contributed by atoms with Crippen molar-refractivity contribution in [2.45, 2.75) is 13.5 Å². The van der Waals surface area contributed by atoms with E-state index in [0.717, 1.165) is 17.6 Å². The Morgan fingerprint density at radius 3 is 3.00 bits per heavy atom. The minimum absolute atomic E-state index is 0.601. The number of benzene rings is 1. The summed E-state index contributed by atoms with van der Waals surface area (Å²) >= 11 is 2.79. The number of ether oxygens (including phenoxy) is 1. The Labute approximate surface area is 121 Å². The van der Waals surface area contributed by atoms with Gasteiger partial charge >= 0.3 is 121 Å². The molecule has 19 heavy (non-hydrogen) atoms. The third-order valence-corrected chi connectivity index (χ3v) is 3.23. The molecule has 0 saturated carbocycles. The summed E-state index contributed by atoms with van der Waals surface area (Å²) in [6, 6.07) is 8.28. The van der Waals surface area contributed by atoms with Gasteiger partial charge < -0.3 is 0 Å². The van der Waals surface area contributed by atoms with Crippen molar-refractivity contribution in [3.8, 4) is 11.8 Å². The first kappa shape index (κ1) is 13.8. The van der Waals surface area contributed by atoms with E-state index in [0.29, 0.717) is 4.57 Å². The van der Waals surface area contributed by atoms with Gasteiger partial charge in [-0.3, -0.25) is 0 Å². The molecule has 2 nitrogen and oxygen atoms in total. The van der Waals surface area contributed by atoms with Gasteiger partial charge in [-0.2, -0.15) is 0 Å². The zero-order valence-corrected chi connectivity index (χ0v) is 12.3. The van der Waals surface area contributed by atoms with Crippen molar-refractivity contribution in [2.24, 2.45) is 0 Å². The van der Waals surface area contributed by atoms with Crippen molar-refractivity contribution in [3.63, 3.8) is 0 Å². The van der Waals surface area contributed by atoms with E-state index in [1.54, 1.807) is 7.11 Å². The third-order valence-electron chi connectivity index (χ3n) is 2.81. The van der Waals surface area contributed by atoms with Gasteiger partial charge in [0.05, 0.1) is 0 Å². The fraction of sp³-hybridized carbons (Fsp3) is 0.188. The van der Waals surface area contributed by atoms with E-state index in [9.17, 15) is 0 Å². The van der Waals surface area contributed by atoms with E-state index >= 15 is 0 Å². The first-order valence-electron chi connectivity index (χ1n) is 6.05. The fourth-order valence-electron chi connectivity index (χ4n) is 1.90. The summed E-state index contributed by atoms with van der Waals surface area (Å²) in [6.45, 7) is 2.89. The van der Waals surface area contributed by atoms with Crippen LogP contribution in [-0.4, -0.2) is 16.2 Å². The number of hydrogen-bond acceptors (Lipinski definition) is 1. The molecule has 1 heterocycles. The van der Waals surface area contributed by atoms with E-state index in [1.165, 1.54) is 5.39 Å². The molecule has 1 aromatic heterocycles. The quantitative estimate of drug-likeness (QED) is 0.626. The van der Waals surface area contributed by atoms with Gasteiger partial charge in [0.15, 0.2) is 0 Å². The van der Waals surface area contributed by atoms with E-state index in [-0.39, 0.29) is 0 Å². The van der Waals surface area contributed by atoms with Gasteiger partial charge in [-0.1, -0.05) is 0 Å². The van der Waals surface area contributed by atoms with Crippen molar-refractivity contribution in [1.29, 1.82) is 0 Å². The summed E-state index contributed by atoms with van der Waals surface area (Å²) in [7, 11) is 1.61. The van der Waals surface area contributed by atoms with Gasteiger partial charge in [-0.15, -0.1) is 0 Å². The van der Waals surface area contributed by atoms with Crippen LogP contribution in [0.15, 0.2) is 42.6 Å². The molecule has 0 atom stereocenters. The number of methoxy groups -OCH3 is 1. The van der Waals surface area contributed by atoms with Gasteiger partial charge in [0.25, 0.3) is 0 Å². The van der Waals surface area contributed by atoms with Crippen LogP contribution in [0, 0.1) is 11.8 Å². The molecule has 0 spiro atoms. The van der Waals surface area contributed by atoms with Crippen LogP contribution in [0.2, 0.25) is 0 Å². The number of allylic oxidation sites excluding steroid dienone is 2. The molecule has 96 valence electrons. The molecule has 0 aliphatic carbocycles. The van der Waals surface area contributed by atoms with Crippen LogP contribution in [0.5, 0.6) is 0 Å². The molecule has 0 aliphatic heterocycles. The van der Waals surface area contributed by atoms with E-state index in [1.807, 2.05) is 19.1 Å².